The topological polar surface area (TPSA) is 122 Å². The highest BCUT2D eigenvalue weighted by molar-refractivity contribution is 7.89. The molecule has 1 aromatic carbocycles. The van der Waals surface area contributed by atoms with Gasteiger partial charge in [0.15, 0.2) is 6.10 Å². The van der Waals surface area contributed by atoms with Crippen molar-refractivity contribution in [1.82, 2.24) is 14.9 Å². The van der Waals surface area contributed by atoms with Crippen LogP contribution in [0.3, 0.4) is 0 Å². The maximum Gasteiger partial charge on any atom is 0.338 e. The summed E-state index contributed by atoms with van der Waals surface area (Å²) in [6.07, 6.45) is 1.35. The summed E-state index contributed by atoms with van der Waals surface area (Å²) in [5.74, 6) is -1.65. The second-order valence-corrected chi connectivity index (χ2v) is 10.2. The summed E-state index contributed by atoms with van der Waals surface area (Å²) in [5.41, 5.74) is -0.531. The van der Waals surface area contributed by atoms with Gasteiger partial charge < -0.3 is 10.1 Å². The molecule has 0 aromatic heterocycles. The van der Waals surface area contributed by atoms with Gasteiger partial charge in [0, 0.05) is 18.6 Å². The van der Waals surface area contributed by atoms with Crippen molar-refractivity contribution in [1.29, 1.82) is 0 Å². The zero-order valence-electron chi connectivity index (χ0n) is 17.7. The molecule has 1 saturated heterocycles. The summed E-state index contributed by atoms with van der Waals surface area (Å²) >= 11 is 0. The van der Waals surface area contributed by atoms with E-state index in [0.717, 1.165) is 19.3 Å². The fraction of sp³-hybridized carbons (Fsp3) is 0.550. The molecular formula is C20H29N3O6S. The number of sulfonamides is 1. The van der Waals surface area contributed by atoms with Gasteiger partial charge in [0.05, 0.1) is 10.5 Å². The van der Waals surface area contributed by atoms with E-state index in [-0.39, 0.29) is 10.5 Å². The lowest BCUT2D eigenvalue weighted by atomic mass is 10.1. The number of hydrogen-bond donors (Lipinski definition) is 2. The van der Waals surface area contributed by atoms with Crippen LogP contribution in [0.5, 0.6) is 0 Å². The molecule has 1 aliphatic heterocycles. The first-order valence-corrected chi connectivity index (χ1v) is 11.3. The summed E-state index contributed by atoms with van der Waals surface area (Å²) in [6.45, 7) is 7.49. The molecule has 9 nitrogen and oxygen atoms in total. The first-order valence-electron chi connectivity index (χ1n) is 9.84. The second-order valence-electron chi connectivity index (χ2n) is 8.23. The first-order chi connectivity index (χ1) is 13.9. The molecule has 1 aliphatic rings. The van der Waals surface area contributed by atoms with Gasteiger partial charge in [0.25, 0.3) is 5.91 Å². The molecular weight excluding hydrogens is 410 g/mol. The van der Waals surface area contributed by atoms with Crippen molar-refractivity contribution < 1.29 is 27.5 Å². The van der Waals surface area contributed by atoms with E-state index in [1.54, 1.807) is 20.8 Å². The Kier molecular flexibility index (Phi) is 7.59. The average Bonchev–Trinajstić information content (AvgIpc) is 2.67. The summed E-state index contributed by atoms with van der Waals surface area (Å²) in [5, 5.41) is 4.67. The van der Waals surface area contributed by atoms with Gasteiger partial charge in [-0.05, 0) is 58.7 Å². The van der Waals surface area contributed by atoms with Crippen LogP contribution in [0.15, 0.2) is 29.2 Å². The number of ether oxygens (including phenoxy) is 1. The van der Waals surface area contributed by atoms with E-state index in [0.29, 0.717) is 13.1 Å². The van der Waals surface area contributed by atoms with Crippen LogP contribution in [-0.4, -0.2) is 55.4 Å². The van der Waals surface area contributed by atoms with Crippen LogP contribution in [0, 0.1) is 0 Å². The van der Waals surface area contributed by atoms with Crippen molar-refractivity contribution in [3.63, 3.8) is 0 Å². The summed E-state index contributed by atoms with van der Waals surface area (Å²) < 4.78 is 32.1. The number of amides is 3. The van der Waals surface area contributed by atoms with Gasteiger partial charge in [-0.2, -0.15) is 4.31 Å². The molecule has 2 rings (SSSR count). The number of benzene rings is 1. The molecule has 0 aliphatic carbocycles. The van der Waals surface area contributed by atoms with Crippen LogP contribution in [0.1, 0.15) is 57.3 Å². The Hall–Kier alpha value is -2.46. The Morgan fingerprint density at radius 1 is 1.10 bits per heavy atom. The molecule has 166 valence electrons. The molecule has 2 N–H and O–H groups in total. The number of carbonyl (C=O) groups excluding carboxylic acids is 3. The zero-order valence-corrected chi connectivity index (χ0v) is 18.5. The molecule has 0 saturated carbocycles. The van der Waals surface area contributed by atoms with Crippen LogP contribution < -0.4 is 10.6 Å². The fourth-order valence-corrected chi connectivity index (χ4v) is 4.47. The van der Waals surface area contributed by atoms with Crippen LogP contribution in [0.25, 0.3) is 0 Å². The lowest BCUT2D eigenvalue weighted by Crippen LogP contribution is -2.50. The number of imide groups is 1. The summed E-state index contributed by atoms with van der Waals surface area (Å²) in [7, 11) is -3.70. The third-order valence-corrected chi connectivity index (χ3v) is 6.30. The minimum Gasteiger partial charge on any atom is -0.449 e. The highest BCUT2D eigenvalue weighted by Gasteiger charge is 2.27. The van der Waals surface area contributed by atoms with Crippen LogP contribution in [-0.2, 0) is 19.6 Å². The highest BCUT2D eigenvalue weighted by atomic mass is 32.2. The number of piperidine rings is 1. The Bertz CT molecular complexity index is 901. The van der Waals surface area contributed by atoms with Gasteiger partial charge in [-0.25, -0.2) is 18.0 Å². The average molecular weight is 440 g/mol. The van der Waals surface area contributed by atoms with Gasteiger partial charge in [-0.1, -0.05) is 12.5 Å². The monoisotopic (exact) mass is 439 g/mol. The number of carbonyl (C=O) groups is 3. The van der Waals surface area contributed by atoms with Gasteiger partial charge in [-0.3, -0.25) is 10.1 Å². The SMILES string of the molecule is C[C@@H](OC(=O)c1cccc(S(=O)(=O)N2CCCCC2)c1)C(=O)NC(=O)NC(C)(C)C. The van der Waals surface area contributed by atoms with E-state index >= 15 is 0 Å². The number of urea groups is 1. The van der Waals surface area contributed by atoms with Crippen molar-refractivity contribution in [2.24, 2.45) is 0 Å². The van der Waals surface area contributed by atoms with Gasteiger partial charge in [0.2, 0.25) is 10.0 Å². The van der Waals surface area contributed by atoms with Gasteiger partial charge in [-0.15, -0.1) is 0 Å². The van der Waals surface area contributed by atoms with E-state index in [2.05, 4.69) is 10.6 Å². The third kappa shape index (κ3) is 6.53. The van der Waals surface area contributed by atoms with E-state index in [1.165, 1.54) is 35.5 Å². The number of rotatable bonds is 5. The smallest absolute Gasteiger partial charge is 0.338 e. The Balaban J connectivity index is 2.04. The molecule has 0 radical (unpaired) electrons. The minimum atomic E-state index is -3.70. The standard InChI is InChI=1S/C20H29N3O6S/c1-14(17(24)21-19(26)22-20(2,3)4)29-18(25)15-9-8-10-16(13-15)30(27,28)23-11-6-5-7-12-23/h8-10,13-14H,5-7,11-12H2,1-4H3,(H2,21,22,24,26)/t14-/m1/s1. The summed E-state index contributed by atoms with van der Waals surface area (Å²) in [4.78, 5) is 36.3. The van der Waals surface area contributed by atoms with Crippen LogP contribution in [0.2, 0.25) is 0 Å². The normalized spacial score (nSPS) is 16.4. The fourth-order valence-electron chi connectivity index (χ4n) is 2.91. The quantitative estimate of drug-likeness (QED) is 0.677. The van der Waals surface area contributed by atoms with Crippen molar-refractivity contribution in [2.75, 3.05) is 13.1 Å². The molecule has 3 amide bonds. The molecule has 1 atom stereocenters. The number of nitrogens with one attached hydrogen (secondary N) is 2. The summed E-state index contributed by atoms with van der Waals surface area (Å²) in [6, 6.07) is 4.82. The van der Waals surface area contributed by atoms with Crippen molar-refractivity contribution in [3.8, 4) is 0 Å². The Morgan fingerprint density at radius 2 is 1.73 bits per heavy atom. The van der Waals surface area contributed by atoms with E-state index in [9.17, 15) is 22.8 Å². The first kappa shape index (κ1) is 23.8. The largest absolute Gasteiger partial charge is 0.449 e. The predicted octanol–water partition coefficient (Wildman–Crippen LogP) is 2.03. The van der Waals surface area contributed by atoms with Gasteiger partial charge >= 0.3 is 12.0 Å². The molecule has 0 unspecified atom stereocenters. The Labute approximate surface area is 177 Å². The van der Waals surface area contributed by atoms with Gasteiger partial charge in [0.1, 0.15) is 0 Å². The predicted molar refractivity (Wildman–Crippen MR) is 110 cm³/mol. The minimum absolute atomic E-state index is 0.000472. The van der Waals surface area contributed by atoms with E-state index < -0.39 is 39.6 Å². The number of nitrogens with zero attached hydrogens (tertiary/aromatic N) is 1. The van der Waals surface area contributed by atoms with Crippen LogP contribution in [0.4, 0.5) is 4.79 Å². The van der Waals surface area contributed by atoms with Crippen molar-refractivity contribution in [3.05, 3.63) is 29.8 Å². The number of esters is 1. The van der Waals surface area contributed by atoms with Crippen molar-refractivity contribution >= 4 is 27.9 Å². The second kappa shape index (κ2) is 9.57. The zero-order chi connectivity index (χ0) is 22.5. The molecule has 1 heterocycles. The maximum atomic E-state index is 12.8. The molecule has 0 spiro atoms. The van der Waals surface area contributed by atoms with Crippen LogP contribution >= 0.6 is 0 Å². The number of hydrogen-bond acceptors (Lipinski definition) is 6. The molecule has 1 fully saturated rings. The lowest BCUT2D eigenvalue weighted by Gasteiger charge is -2.26. The third-order valence-electron chi connectivity index (χ3n) is 4.40. The maximum absolute atomic E-state index is 12.8. The Morgan fingerprint density at radius 3 is 2.33 bits per heavy atom. The molecule has 30 heavy (non-hydrogen) atoms. The van der Waals surface area contributed by atoms with E-state index in [4.69, 9.17) is 4.74 Å². The highest BCUT2D eigenvalue weighted by Crippen LogP contribution is 2.21. The molecule has 10 heteroatoms. The lowest BCUT2D eigenvalue weighted by molar-refractivity contribution is -0.127. The molecule has 1 aromatic rings. The molecule has 0 bridgehead atoms. The van der Waals surface area contributed by atoms with Crippen molar-refractivity contribution in [2.45, 2.75) is 63.5 Å². The van der Waals surface area contributed by atoms with E-state index in [1.807, 2.05) is 0 Å².